The van der Waals surface area contributed by atoms with E-state index in [-0.39, 0.29) is 0 Å². The number of piperazine rings is 1. The molecule has 2 fully saturated rings. The van der Waals surface area contributed by atoms with E-state index in [0.29, 0.717) is 5.54 Å². The summed E-state index contributed by atoms with van der Waals surface area (Å²) in [6.45, 7) is 13.3. The minimum Gasteiger partial charge on any atom is -0.308 e. The van der Waals surface area contributed by atoms with Gasteiger partial charge < -0.3 is 5.32 Å². The average molecular weight is 295 g/mol. The molecule has 1 saturated heterocycles. The van der Waals surface area contributed by atoms with E-state index in [9.17, 15) is 0 Å². The predicted molar refractivity (Wildman–Crippen MR) is 92.7 cm³/mol. The Morgan fingerprint density at radius 2 is 1.76 bits per heavy atom. The lowest BCUT2D eigenvalue weighted by atomic mass is 9.84. The van der Waals surface area contributed by atoms with Crippen LogP contribution in [0.5, 0.6) is 0 Å². The van der Waals surface area contributed by atoms with Gasteiger partial charge in [0, 0.05) is 24.7 Å². The molecule has 1 heterocycles. The first kappa shape index (κ1) is 17.3. The Bertz CT molecular complexity index is 290. The number of hydrogen-bond acceptors (Lipinski definition) is 2. The second kappa shape index (κ2) is 7.97. The maximum atomic E-state index is 3.89. The first-order valence-electron chi connectivity index (χ1n) is 9.59. The highest BCUT2D eigenvalue weighted by atomic mass is 15.3. The van der Waals surface area contributed by atoms with Crippen molar-refractivity contribution in [3.05, 3.63) is 0 Å². The third-order valence-electron chi connectivity index (χ3n) is 6.33. The van der Waals surface area contributed by atoms with Crippen LogP contribution in [0, 0.1) is 11.8 Å². The van der Waals surface area contributed by atoms with Crippen LogP contribution in [0.2, 0.25) is 0 Å². The van der Waals surface area contributed by atoms with Crippen molar-refractivity contribution < 1.29 is 0 Å². The molecule has 2 nitrogen and oxygen atoms in total. The molecule has 1 saturated carbocycles. The summed E-state index contributed by atoms with van der Waals surface area (Å²) < 4.78 is 0. The van der Waals surface area contributed by atoms with E-state index in [4.69, 9.17) is 0 Å². The molecule has 0 radical (unpaired) electrons. The van der Waals surface area contributed by atoms with Crippen LogP contribution in [0.1, 0.15) is 79.1 Å². The molecule has 1 aliphatic carbocycles. The molecule has 2 aliphatic rings. The van der Waals surface area contributed by atoms with Crippen LogP contribution in [-0.2, 0) is 0 Å². The maximum absolute atomic E-state index is 3.89. The zero-order chi connectivity index (χ0) is 15.3. The van der Waals surface area contributed by atoms with Crippen LogP contribution in [0.15, 0.2) is 0 Å². The summed E-state index contributed by atoms with van der Waals surface area (Å²) in [5.74, 6) is 1.77. The lowest BCUT2D eigenvalue weighted by Gasteiger charge is -2.49. The Morgan fingerprint density at radius 3 is 2.33 bits per heavy atom. The summed E-state index contributed by atoms with van der Waals surface area (Å²) in [4.78, 5) is 2.84. The molecule has 1 aliphatic heterocycles. The van der Waals surface area contributed by atoms with Crippen LogP contribution in [0.25, 0.3) is 0 Å². The van der Waals surface area contributed by atoms with E-state index in [1.165, 1.54) is 71.0 Å². The van der Waals surface area contributed by atoms with Gasteiger partial charge in [-0.25, -0.2) is 0 Å². The highest BCUT2D eigenvalue weighted by Gasteiger charge is 2.37. The van der Waals surface area contributed by atoms with Gasteiger partial charge in [-0.05, 0) is 37.6 Å². The van der Waals surface area contributed by atoms with Gasteiger partial charge in [0.05, 0.1) is 0 Å². The van der Waals surface area contributed by atoms with Crippen molar-refractivity contribution in [2.75, 3.05) is 19.6 Å². The molecule has 0 amide bonds. The lowest BCUT2D eigenvalue weighted by Crippen LogP contribution is -2.65. The van der Waals surface area contributed by atoms with Gasteiger partial charge in [0.15, 0.2) is 0 Å². The van der Waals surface area contributed by atoms with Crippen LogP contribution in [-0.4, -0.2) is 36.1 Å². The first-order chi connectivity index (χ1) is 10.1. The molecule has 1 unspecified atom stereocenters. The minimum absolute atomic E-state index is 0.373. The van der Waals surface area contributed by atoms with Crippen molar-refractivity contribution in [1.29, 1.82) is 0 Å². The van der Waals surface area contributed by atoms with Gasteiger partial charge in [0.1, 0.15) is 0 Å². The summed E-state index contributed by atoms with van der Waals surface area (Å²) in [7, 11) is 0. The predicted octanol–water partition coefficient (Wildman–Crippen LogP) is 4.45. The summed E-state index contributed by atoms with van der Waals surface area (Å²) in [6, 6.07) is 0.736. The molecule has 124 valence electrons. The molecule has 0 aromatic carbocycles. The third-order valence-corrected chi connectivity index (χ3v) is 6.33. The van der Waals surface area contributed by atoms with E-state index in [0.717, 1.165) is 17.9 Å². The van der Waals surface area contributed by atoms with Gasteiger partial charge in [-0.3, -0.25) is 4.90 Å². The second-order valence-corrected chi connectivity index (χ2v) is 7.94. The fourth-order valence-electron chi connectivity index (χ4n) is 4.46. The second-order valence-electron chi connectivity index (χ2n) is 7.94. The molecule has 1 atom stereocenters. The third kappa shape index (κ3) is 4.45. The highest BCUT2D eigenvalue weighted by molar-refractivity contribution is 4.97. The molecule has 0 bridgehead atoms. The Hall–Kier alpha value is -0.0800. The van der Waals surface area contributed by atoms with E-state index in [1.807, 2.05) is 0 Å². The molecule has 0 aromatic heterocycles. The Morgan fingerprint density at radius 1 is 1.10 bits per heavy atom. The van der Waals surface area contributed by atoms with Crippen LogP contribution < -0.4 is 5.32 Å². The van der Waals surface area contributed by atoms with Gasteiger partial charge in [-0.1, -0.05) is 59.8 Å². The number of nitrogens with one attached hydrogen (secondary N) is 1. The Labute approximate surface area is 133 Å². The maximum Gasteiger partial charge on any atom is 0.0304 e. The van der Waals surface area contributed by atoms with Crippen LogP contribution >= 0.6 is 0 Å². The fraction of sp³-hybridized carbons (Fsp3) is 1.00. The van der Waals surface area contributed by atoms with Crippen LogP contribution in [0.4, 0.5) is 0 Å². The lowest BCUT2D eigenvalue weighted by molar-refractivity contribution is 0.0446. The Balaban J connectivity index is 1.93. The summed E-state index contributed by atoms with van der Waals surface area (Å²) >= 11 is 0. The topological polar surface area (TPSA) is 15.3 Å². The zero-order valence-corrected chi connectivity index (χ0v) is 15.0. The standard InChI is InChI=1S/C19H38N2/c1-5-19(6-2)15-21(18(14-20-19)16(3)4)13-12-17-10-8-7-9-11-17/h16-18,20H,5-15H2,1-4H3. The SMILES string of the molecule is CCC1(CC)CN(CCC2CCCCC2)C(C(C)C)CN1. The van der Waals surface area contributed by atoms with Gasteiger partial charge in [0.25, 0.3) is 0 Å². The molecular weight excluding hydrogens is 256 g/mol. The van der Waals surface area contributed by atoms with Crippen molar-refractivity contribution in [3.63, 3.8) is 0 Å². The number of rotatable bonds is 6. The van der Waals surface area contributed by atoms with Crippen LogP contribution in [0.3, 0.4) is 0 Å². The van der Waals surface area contributed by atoms with Gasteiger partial charge >= 0.3 is 0 Å². The quantitative estimate of drug-likeness (QED) is 0.779. The smallest absolute Gasteiger partial charge is 0.0304 e. The van der Waals surface area contributed by atoms with Gasteiger partial charge in [-0.15, -0.1) is 0 Å². The summed E-state index contributed by atoms with van der Waals surface area (Å²) in [5.41, 5.74) is 0.373. The van der Waals surface area contributed by atoms with Gasteiger partial charge in [0.2, 0.25) is 0 Å². The molecular formula is C19H38N2. The van der Waals surface area contributed by atoms with Crippen molar-refractivity contribution in [3.8, 4) is 0 Å². The first-order valence-corrected chi connectivity index (χ1v) is 9.59. The van der Waals surface area contributed by atoms with Crippen molar-refractivity contribution >= 4 is 0 Å². The van der Waals surface area contributed by atoms with Crippen molar-refractivity contribution in [1.82, 2.24) is 10.2 Å². The largest absolute Gasteiger partial charge is 0.308 e. The van der Waals surface area contributed by atoms with E-state index in [1.54, 1.807) is 0 Å². The average Bonchev–Trinajstić information content (AvgIpc) is 2.53. The van der Waals surface area contributed by atoms with Gasteiger partial charge in [-0.2, -0.15) is 0 Å². The molecule has 2 rings (SSSR count). The summed E-state index contributed by atoms with van der Waals surface area (Å²) in [5, 5.41) is 3.89. The highest BCUT2D eigenvalue weighted by Crippen LogP contribution is 2.29. The van der Waals surface area contributed by atoms with Crippen molar-refractivity contribution in [2.24, 2.45) is 11.8 Å². The monoisotopic (exact) mass is 294 g/mol. The minimum atomic E-state index is 0.373. The van der Waals surface area contributed by atoms with E-state index < -0.39 is 0 Å². The summed E-state index contributed by atoms with van der Waals surface area (Å²) in [6.07, 6.45) is 11.4. The molecule has 21 heavy (non-hydrogen) atoms. The number of hydrogen-bond donors (Lipinski definition) is 1. The molecule has 1 N–H and O–H groups in total. The molecule has 0 spiro atoms. The number of nitrogens with zero attached hydrogens (tertiary/aromatic N) is 1. The molecule has 2 heteroatoms. The molecule has 0 aromatic rings. The Kier molecular flexibility index (Phi) is 6.55. The zero-order valence-electron chi connectivity index (χ0n) is 15.0. The van der Waals surface area contributed by atoms with E-state index >= 15 is 0 Å². The van der Waals surface area contributed by atoms with E-state index in [2.05, 4.69) is 37.9 Å². The fourth-order valence-corrected chi connectivity index (χ4v) is 4.46. The normalized spacial score (nSPS) is 28.1. The van der Waals surface area contributed by atoms with Crippen molar-refractivity contribution in [2.45, 2.75) is 90.6 Å².